The quantitative estimate of drug-likeness (QED) is 0.826. The summed E-state index contributed by atoms with van der Waals surface area (Å²) in [5.74, 6) is 1.95. The summed E-state index contributed by atoms with van der Waals surface area (Å²) >= 11 is 0. The minimum Gasteiger partial charge on any atom is -0.399 e. The van der Waals surface area contributed by atoms with E-state index in [1.54, 1.807) is 0 Å². The van der Waals surface area contributed by atoms with E-state index in [4.69, 9.17) is 5.73 Å². The number of nitrogens with two attached hydrogens (primary N) is 1. The zero-order chi connectivity index (χ0) is 11.1. The van der Waals surface area contributed by atoms with Crippen molar-refractivity contribution in [3.63, 3.8) is 0 Å². The van der Waals surface area contributed by atoms with Gasteiger partial charge in [-0.2, -0.15) is 0 Å². The molecule has 1 aromatic rings. The van der Waals surface area contributed by atoms with E-state index in [0.29, 0.717) is 11.7 Å². The van der Waals surface area contributed by atoms with Gasteiger partial charge in [-0.25, -0.2) is 4.98 Å². The number of rotatable bonds is 2. The van der Waals surface area contributed by atoms with Crippen molar-refractivity contribution in [2.45, 2.75) is 25.3 Å². The molecule has 2 bridgehead atoms. The van der Waals surface area contributed by atoms with Crippen LogP contribution in [0.4, 0.5) is 5.82 Å². The number of hydrogen-bond acceptors (Lipinski definition) is 3. The Morgan fingerprint density at radius 3 is 3.06 bits per heavy atom. The molecular weight excluding hydrogens is 198 g/mol. The largest absolute Gasteiger partial charge is 0.399 e. The average Bonchev–Trinajstić information content (AvgIpc) is 2.91. The van der Waals surface area contributed by atoms with Gasteiger partial charge in [0, 0.05) is 31.5 Å². The molecule has 2 unspecified atom stereocenters. The molecule has 3 rings (SSSR count). The lowest BCUT2D eigenvalue weighted by atomic mass is 10.1. The van der Waals surface area contributed by atoms with E-state index in [1.807, 2.05) is 12.3 Å². The fourth-order valence-corrected chi connectivity index (χ4v) is 2.98. The summed E-state index contributed by atoms with van der Waals surface area (Å²) in [6.07, 6.45) is 5.88. The molecule has 1 saturated heterocycles. The molecule has 86 valence electrons. The second kappa shape index (κ2) is 3.51. The number of hydrogen-bond donors (Lipinski definition) is 1. The SMILES string of the molecule is C=C(N)c1ccnc(N2CC3CCC2C3)c1.[HH]. The van der Waals surface area contributed by atoms with Gasteiger partial charge in [0.05, 0.1) is 0 Å². The highest BCUT2D eigenvalue weighted by molar-refractivity contribution is 5.63. The van der Waals surface area contributed by atoms with E-state index in [-0.39, 0.29) is 1.43 Å². The Hall–Kier alpha value is -1.51. The van der Waals surface area contributed by atoms with Crippen molar-refractivity contribution in [2.75, 3.05) is 11.4 Å². The zero-order valence-electron chi connectivity index (χ0n) is 9.39. The van der Waals surface area contributed by atoms with Crippen LogP contribution in [-0.2, 0) is 0 Å². The van der Waals surface area contributed by atoms with Crippen LogP contribution in [0.15, 0.2) is 24.9 Å². The molecule has 0 radical (unpaired) electrons. The third kappa shape index (κ3) is 1.47. The molecule has 2 fully saturated rings. The van der Waals surface area contributed by atoms with Gasteiger partial charge in [-0.05, 0) is 37.3 Å². The van der Waals surface area contributed by atoms with Gasteiger partial charge in [0.2, 0.25) is 0 Å². The minimum atomic E-state index is 0. The molecule has 3 nitrogen and oxygen atoms in total. The average molecular weight is 217 g/mol. The van der Waals surface area contributed by atoms with E-state index >= 15 is 0 Å². The van der Waals surface area contributed by atoms with Crippen LogP contribution in [0, 0.1) is 5.92 Å². The Morgan fingerprint density at radius 1 is 1.56 bits per heavy atom. The number of pyridine rings is 1. The summed E-state index contributed by atoms with van der Waals surface area (Å²) in [7, 11) is 0. The van der Waals surface area contributed by atoms with Gasteiger partial charge >= 0.3 is 0 Å². The first-order chi connectivity index (χ1) is 7.74. The van der Waals surface area contributed by atoms with E-state index in [9.17, 15) is 0 Å². The Balaban J connectivity index is 0.00000108. The molecule has 0 amide bonds. The summed E-state index contributed by atoms with van der Waals surface area (Å²) in [5.41, 5.74) is 7.33. The van der Waals surface area contributed by atoms with Crippen LogP contribution in [0.1, 0.15) is 26.3 Å². The maximum Gasteiger partial charge on any atom is 0.129 e. The highest BCUT2D eigenvalue weighted by Gasteiger charge is 2.38. The number of nitrogens with zero attached hydrogens (tertiary/aromatic N) is 2. The molecule has 2 N–H and O–H groups in total. The zero-order valence-corrected chi connectivity index (χ0v) is 9.39. The van der Waals surface area contributed by atoms with Crippen molar-refractivity contribution in [3.8, 4) is 0 Å². The van der Waals surface area contributed by atoms with Crippen LogP contribution in [0.5, 0.6) is 0 Å². The molecule has 0 aromatic carbocycles. The van der Waals surface area contributed by atoms with Gasteiger partial charge in [0.15, 0.2) is 0 Å². The van der Waals surface area contributed by atoms with Crippen LogP contribution < -0.4 is 10.6 Å². The molecule has 1 aromatic heterocycles. The molecule has 2 aliphatic rings. The number of piperidine rings is 1. The Kier molecular flexibility index (Phi) is 2.13. The van der Waals surface area contributed by atoms with Crippen LogP contribution in [0.2, 0.25) is 0 Å². The summed E-state index contributed by atoms with van der Waals surface area (Å²) in [6.45, 7) is 4.94. The summed E-state index contributed by atoms with van der Waals surface area (Å²) in [4.78, 5) is 6.88. The van der Waals surface area contributed by atoms with Crippen molar-refractivity contribution < 1.29 is 1.43 Å². The molecule has 1 aliphatic heterocycles. The van der Waals surface area contributed by atoms with Gasteiger partial charge < -0.3 is 10.6 Å². The van der Waals surface area contributed by atoms with Gasteiger partial charge in [-0.15, -0.1) is 0 Å². The standard InChI is InChI=1S/C13H17N3.H2/c1-9(14)11-4-5-15-13(7-11)16-8-10-2-3-12(16)6-10;/h4-5,7,10,12H,1-3,6,8,14H2;1H. The fraction of sp³-hybridized carbons (Fsp3) is 0.462. The van der Waals surface area contributed by atoms with Crippen molar-refractivity contribution in [1.82, 2.24) is 4.98 Å². The Bertz CT molecular complexity index is 432. The normalized spacial score (nSPS) is 27.4. The smallest absolute Gasteiger partial charge is 0.129 e. The minimum absolute atomic E-state index is 0. The first kappa shape index (κ1) is 9.70. The third-order valence-electron chi connectivity index (χ3n) is 3.82. The van der Waals surface area contributed by atoms with Gasteiger partial charge in [0.1, 0.15) is 5.82 Å². The lowest BCUT2D eigenvalue weighted by molar-refractivity contribution is 0.550. The lowest BCUT2D eigenvalue weighted by Crippen LogP contribution is -2.32. The van der Waals surface area contributed by atoms with E-state index < -0.39 is 0 Å². The highest BCUT2D eigenvalue weighted by Crippen LogP contribution is 2.39. The van der Waals surface area contributed by atoms with E-state index in [2.05, 4.69) is 22.5 Å². The molecule has 2 heterocycles. The number of aromatic nitrogens is 1. The molecular formula is C13H19N3. The topological polar surface area (TPSA) is 42.1 Å². The molecule has 16 heavy (non-hydrogen) atoms. The van der Waals surface area contributed by atoms with Crippen molar-refractivity contribution in [2.24, 2.45) is 11.7 Å². The van der Waals surface area contributed by atoms with Gasteiger partial charge in [0.25, 0.3) is 0 Å². The van der Waals surface area contributed by atoms with Gasteiger partial charge in [-0.3, -0.25) is 0 Å². The first-order valence-corrected chi connectivity index (χ1v) is 5.91. The van der Waals surface area contributed by atoms with Crippen LogP contribution in [-0.4, -0.2) is 17.6 Å². The predicted molar refractivity (Wildman–Crippen MR) is 68.0 cm³/mol. The van der Waals surface area contributed by atoms with Crippen LogP contribution in [0.25, 0.3) is 5.70 Å². The predicted octanol–water partition coefficient (Wildman–Crippen LogP) is 2.25. The lowest BCUT2D eigenvalue weighted by Gasteiger charge is -2.28. The maximum absolute atomic E-state index is 5.72. The second-order valence-corrected chi connectivity index (χ2v) is 4.91. The van der Waals surface area contributed by atoms with Crippen LogP contribution >= 0.6 is 0 Å². The van der Waals surface area contributed by atoms with Crippen molar-refractivity contribution in [1.29, 1.82) is 0 Å². The number of anilines is 1. The highest BCUT2D eigenvalue weighted by atomic mass is 15.2. The monoisotopic (exact) mass is 217 g/mol. The fourth-order valence-electron chi connectivity index (χ4n) is 2.98. The summed E-state index contributed by atoms with van der Waals surface area (Å²) in [5, 5.41) is 0. The van der Waals surface area contributed by atoms with Crippen molar-refractivity contribution in [3.05, 3.63) is 30.5 Å². The Morgan fingerprint density at radius 2 is 2.44 bits per heavy atom. The third-order valence-corrected chi connectivity index (χ3v) is 3.82. The first-order valence-electron chi connectivity index (χ1n) is 5.91. The van der Waals surface area contributed by atoms with Crippen LogP contribution in [0.3, 0.4) is 0 Å². The second-order valence-electron chi connectivity index (χ2n) is 4.91. The maximum atomic E-state index is 5.72. The molecule has 3 heteroatoms. The molecule has 0 spiro atoms. The number of fused-ring (bicyclic) bond motifs is 2. The summed E-state index contributed by atoms with van der Waals surface area (Å²) < 4.78 is 0. The molecule has 1 saturated carbocycles. The van der Waals surface area contributed by atoms with E-state index in [1.165, 1.54) is 19.3 Å². The van der Waals surface area contributed by atoms with Crippen molar-refractivity contribution >= 4 is 11.5 Å². The summed E-state index contributed by atoms with van der Waals surface area (Å²) in [6, 6.07) is 4.68. The Labute approximate surface area is 97.5 Å². The molecule has 2 atom stereocenters. The molecule has 1 aliphatic carbocycles. The van der Waals surface area contributed by atoms with E-state index in [0.717, 1.165) is 23.8 Å². The van der Waals surface area contributed by atoms with Gasteiger partial charge in [-0.1, -0.05) is 6.58 Å².